The smallest absolute Gasteiger partial charge is 0.352 e. The number of H-pyrrole nitrogens is 2. The molecule has 3 N–H and O–H groups in total. The number of aryl methyl sites for hydroxylation is 1. The standard InChI is InChI=1S/C16H18N4O2/c1-10-3-4-13-11(7-10)12(15(19-13)16(21)22)8-20(2)9-14-17-5-6-18-14/h3-7,19H,8-9H2,1-2H3,(H,17,18)(H,21,22). The second kappa shape index (κ2) is 5.65. The lowest BCUT2D eigenvalue weighted by Gasteiger charge is -2.15. The van der Waals surface area contributed by atoms with Crippen LogP contribution in [-0.2, 0) is 13.1 Å². The van der Waals surface area contributed by atoms with Crippen molar-refractivity contribution in [2.24, 2.45) is 0 Å². The number of aromatic nitrogens is 3. The number of nitrogens with one attached hydrogen (secondary N) is 2. The second-order valence-electron chi connectivity index (χ2n) is 5.54. The Balaban J connectivity index is 1.95. The molecule has 114 valence electrons. The molecule has 0 fully saturated rings. The first kappa shape index (κ1) is 14.3. The van der Waals surface area contributed by atoms with E-state index in [2.05, 4.69) is 15.0 Å². The number of nitrogens with zero attached hydrogens (tertiary/aromatic N) is 2. The molecule has 0 saturated heterocycles. The van der Waals surface area contributed by atoms with E-state index in [4.69, 9.17) is 0 Å². The maximum Gasteiger partial charge on any atom is 0.352 e. The predicted molar refractivity (Wildman–Crippen MR) is 83.8 cm³/mol. The molecule has 3 rings (SSSR count). The Hall–Kier alpha value is -2.60. The number of imidazole rings is 1. The number of aromatic amines is 2. The van der Waals surface area contributed by atoms with Crippen molar-refractivity contribution in [3.8, 4) is 0 Å². The molecule has 0 radical (unpaired) electrons. The van der Waals surface area contributed by atoms with Crippen LogP contribution < -0.4 is 0 Å². The van der Waals surface area contributed by atoms with Crippen LogP contribution in [0.15, 0.2) is 30.6 Å². The lowest BCUT2D eigenvalue weighted by molar-refractivity contribution is 0.0689. The number of carbonyl (C=O) groups is 1. The van der Waals surface area contributed by atoms with Gasteiger partial charge in [0.05, 0.1) is 6.54 Å². The molecule has 0 aliphatic heterocycles. The summed E-state index contributed by atoms with van der Waals surface area (Å²) in [7, 11) is 1.95. The minimum atomic E-state index is -0.935. The Kier molecular flexibility index (Phi) is 3.68. The second-order valence-corrected chi connectivity index (χ2v) is 5.54. The van der Waals surface area contributed by atoms with Gasteiger partial charge in [-0.15, -0.1) is 0 Å². The summed E-state index contributed by atoms with van der Waals surface area (Å²) >= 11 is 0. The zero-order valence-electron chi connectivity index (χ0n) is 12.6. The van der Waals surface area contributed by atoms with Gasteiger partial charge in [0.25, 0.3) is 0 Å². The monoisotopic (exact) mass is 298 g/mol. The van der Waals surface area contributed by atoms with E-state index >= 15 is 0 Å². The van der Waals surface area contributed by atoms with E-state index < -0.39 is 5.97 Å². The summed E-state index contributed by atoms with van der Waals surface area (Å²) in [6.07, 6.45) is 3.49. The number of aromatic carboxylic acids is 1. The van der Waals surface area contributed by atoms with Crippen molar-refractivity contribution in [1.82, 2.24) is 19.9 Å². The Bertz CT molecular complexity index is 805. The number of hydrogen-bond acceptors (Lipinski definition) is 3. The van der Waals surface area contributed by atoms with Gasteiger partial charge in [-0.05, 0) is 26.1 Å². The maximum absolute atomic E-state index is 11.5. The number of rotatable bonds is 5. The molecule has 0 atom stereocenters. The minimum Gasteiger partial charge on any atom is -0.477 e. The molecule has 22 heavy (non-hydrogen) atoms. The summed E-state index contributed by atoms with van der Waals surface area (Å²) in [4.78, 5) is 23.8. The normalized spacial score (nSPS) is 11.4. The average Bonchev–Trinajstić information content (AvgIpc) is 3.07. The molecule has 0 saturated carbocycles. The minimum absolute atomic E-state index is 0.256. The van der Waals surface area contributed by atoms with Gasteiger partial charge in [-0.25, -0.2) is 9.78 Å². The van der Waals surface area contributed by atoms with Crippen LogP contribution in [0.1, 0.15) is 27.4 Å². The number of hydrogen-bond donors (Lipinski definition) is 3. The van der Waals surface area contributed by atoms with E-state index in [0.29, 0.717) is 13.1 Å². The molecule has 6 heteroatoms. The fourth-order valence-corrected chi connectivity index (χ4v) is 2.67. The lowest BCUT2D eigenvalue weighted by Crippen LogP contribution is -2.19. The Morgan fingerprint density at radius 2 is 2.18 bits per heavy atom. The van der Waals surface area contributed by atoms with Crippen molar-refractivity contribution in [2.75, 3.05) is 7.05 Å². The first-order valence-electron chi connectivity index (χ1n) is 7.06. The van der Waals surface area contributed by atoms with Crippen LogP contribution in [0.25, 0.3) is 10.9 Å². The molecule has 2 heterocycles. The SMILES string of the molecule is Cc1ccc2[nH]c(C(=O)O)c(CN(C)Cc3ncc[nH]3)c2c1. The van der Waals surface area contributed by atoms with Gasteiger partial charge in [-0.3, -0.25) is 4.90 Å². The molecular weight excluding hydrogens is 280 g/mol. The Morgan fingerprint density at radius 3 is 2.86 bits per heavy atom. The fourth-order valence-electron chi connectivity index (χ4n) is 2.67. The lowest BCUT2D eigenvalue weighted by atomic mass is 10.1. The van der Waals surface area contributed by atoms with Crippen molar-refractivity contribution >= 4 is 16.9 Å². The zero-order valence-corrected chi connectivity index (χ0v) is 12.6. The Labute approximate surface area is 127 Å². The molecule has 6 nitrogen and oxygen atoms in total. The van der Waals surface area contributed by atoms with Gasteiger partial charge in [0.2, 0.25) is 0 Å². The summed E-state index contributed by atoms with van der Waals surface area (Å²) in [6, 6.07) is 5.92. The summed E-state index contributed by atoms with van der Waals surface area (Å²) in [6.45, 7) is 3.17. The van der Waals surface area contributed by atoms with E-state index in [9.17, 15) is 9.90 Å². The molecule has 0 aliphatic rings. The van der Waals surface area contributed by atoms with Crippen molar-refractivity contribution < 1.29 is 9.90 Å². The van der Waals surface area contributed by atoms with Crippen LogP contribution in [0.5, 0.6) is 0 Å². The topological polar surface area (TPSA) is 85.0 Å². The van der Waals surface area contributed by atoms with Gasteiger partial charge >= 0.3 is 5.97 Å². The van der Waals surface area contributed by atoms with Crippen LogP contribution >= 0.6 is 0 Å². The summed E-state index contributed by atoms with van der Waals surface area (Å²) in [5.74, 6) is -0.0781. The van der Waals surface area contributed by atoms with Gasteiger partial charge in [0.1, 0.15) is 11.5 Å². The zero-order chi connectivity index (χ0) is 15.7. The van der Waals surface area contributed by atoms with Crippen molar-refractivity contribution in [3.05, 3.63) is 53.2 Å². The first-order valence-corrected chi connectivity index (χ1v) is 7.06. The summed E-state index contributed by atoms with van der Waals surface area (Å²) < 4.78 is 0. The largest absolute Gasteiger partial charge is 0.477 e. The molecular formula is C16H18N4O2. The van der Waals surface area contributed by atoms with Gasteiger partial charge in [0.15, 0.2) is 0 Å². The van der Waals surface area contributed by atoms with Crippen LogP contribution in [0.3, 0.4) is 0 Å². The third-order valence-corrected chi connectivity index (χ3v) is 3.68. The highest BCUT2D eigenvalue weighted by molar-refractivity contribution is 5.97. The maximum atomic E-state index is 11.5. The quantitative estimate of drug-likeness (QED) is 0.675. The third kappa shape index (κ3) is 2.73. The first-order chi connectivity index (χ1) is 10.5. The molecule has 0 spiro atoms. The third-order valence-electron chi connectivity index (χ3n) is 3.68. The van der Waals surface area contributed by atoms with Crippen molar-refractivity contribution in [2.45, 2.75) is 20.0 Å². The molecule has 0 aliphatic carbocycles. The highest BCUT2D eigenvalue weighted by Gasteiger charge is 2.18. The Morgan fingerprint density at radius 1 is 1.36 bits per heavy atom. The van der Waals surface area contributed by atoms with E-state index in [0.717, 1.165) is 27.9 Å². The van der Waals surface area contributed by atoms with E-state index in [1.54, 1.807) is 12.4 Å². The summed E-state index contributed by atoms with van der Waals surface area (Å²) in [5, 5.41) is 10.4. The number of carboxylic acids is 1. The van der Waals surface area contributed by atoms with Gasteiger partial charge in [0, 0.05) is 35.4 Å². The number of fused-ring (bicyclic) bond motifs is 1. The molecule has 3 aromatic rings. The molecule has 0 amide bonds. The van der Waals surface area contributed by atoms with E-state index in [1.807, 2.05) is 37.1 Å². The van der Waals surface area contributed by atoms with Gasteiger partial charge < -0.3 is 15.1 Å². The van der Waals surface area contributed by atoms with E-state index in [1.165, 1.54) is 0 Å². The predicted octanol–water partition coefficient (Wildman–Crippen LogP) is 2.53. The van der Waals surface area contributed by atoms with Crippen LogP contribution in [0.4, 0.5) is 0 Å². The van der Waals surface area contributed by atoms with Crippen LogP contribution in [0.2, 0.25) is 0 Å². The molecule has 2 aromatic heterocycles. The van der Waals surface area contributed by atoms with Crippen molar-refractivity contribution in [3.63, 3.8) is 0 Å². The fraction of sp³-hybridized carbons (Fsp3) is 0.250. The van der Waals surface area contributed by atoms with Gasteiger partial charge in [-0.2, -0.15) is 0 Å². The molecule has 0 bridgehead atoms. The average molecular weight is 298 g/mol. The summed E-state index contributed by atoms with van der Waals surface area (Å²) in [5.41, 5.74) is 3.02. The number of carboxylic acid groups (broad SMARTS) is 1. The number of benzene rings is 1. The highest BCUT2D eigenvalue weighted by atomic mass is 16.4. The van der Waals surface area contributed by atoms with Crippen molar-refractivity contribution in [1.29, 1.82) is 0 Å². The van der Waals surface area contributed by atoms with Gasteiger partial charge in [-0.1, -0.05) is 11.6 Å². The van der Waals surface area contributed by atoms with Crippen LogP contribution in [0, 0.1) is 6.92 Å². The van der Waals surface area contributed by atoms with E-state index in [-0.39, 0.29) is 5.69 Å². The van der Waals surface area contributed by atoms with Crippen LogP contribution in [-0.4, -0.2) is 38.0 Å². The molecule has 1 aromatic carbocycles. The molecule has 0 unspecified atom stereocenters. The highest BCUT2D eigenvalue weighted by Crippen LogP contribution is 2.25.